The van der Waals surface area contributed by atoms with Crippen molar-refractivity contribution in [3.8, 4) is 0 Å². The number of ether oxygens (including phenoxy) is 6. The van der Waals surface area contributed by atoms with E-state index in [-0.39, 0.29) is 67.2 Å². The monoisotopic (exact) mass is 766 g/mol. The number of amides is 1. The highest BCUT2D eigenvalue weighted by molar-refractivity contribution is 6.23. The molecule has 0 aromatic heterocycles. The Morgan fingerprint density at radius 3 is 2.30 bits per heavy atom. The van der Waals surface area contributed by atoms with Gasteiger partial charge in [-0.2, -0.15) is 0 Å². The average Bonchev–Trinajstić information content (AvgIpc) is 3.14. The van der Waals surface area contributed by atoms with Crippen LogP contribution in [0, 0.1) is 11.8 Å². The van der Waals surface area contributed by atoms with Crippen LogP contribution in [-0.2, 0) is 42.8 Å². The third-order valence-electron chi connectivity index (χ3n) is 9.71. The molecule has 3 rings (SSSR count). The Bertz CT molecular complexity index is 1440. The number of aliphatic hydroxyl groups is 5. The summed E-state index contributed by atoms with van der Waals surface area (Å²) in [5.41, 5.74) is 1.16. The maximum absolute atomic E-state index is 13.9. The van der Waals surface area contributed by atoms with Gasteiger partial charge in [0.15, 0.2) is 6.29 Å². The fourth-order valence-electron chi connectivity index (χ4n) is 6.59. The number of aliphatic hydroxyl groups excluding tert-OH is 5. The molecule has 7 N–H and O–H groups in total. The van der Waals surface area contributed by atoms with Gasteiger partial charge in [-0.1, -0.05) is 38.2 Å². The fourth-order valence-corrected chi connectivity index (χ4v) is 6.59. The standard InChI is InChI=1S/C38H58N2O14/c1-20-15-24-30(39-11-12-52-13-14-53-38-35(47)34(46)33(45)29(19-41)54-38)26(42)18-25(32(24)44)40-37(48)21(2)9-8-10-27(49-5)36(51-7)23(4)17-22(3)31(43)28(16-20)50-6/h8-10,17-18,20,22,27-29,31,33-36,38-39,41,43,45-47H,11-16,19H2,1-7H3,(H,40,48)/b10-8+,21-9-,23-17-/t20-,22+,27+,28+,29-,31-,33+,34+,35-,36-,38-/m1/s1. The zero-order valence-corrected chi connectivity index (χ0v) is 32.1. The first-order valence-electron chi connectivity index (χ1n) is 18.1. The third-order valence-corrected chi connectivity index (χ3v) is 9.71. The van der Waals surface area contributed by atoms with Crippen molar-refractivity contribution in [1.29, 1.82) is 0 Å². The van der Waals surface area contributed by atoms with Crippen molar-refractivity contribution >= 4 is 17.5 Å². The van der Waals surface area contributed by atoms with Gasteiger partial charge < -0.3 is 64.6 Å². The summed E-state index contributed by atoms with van der Waals surface area (Å²) in [6.07, 6.45) is -1.13. The first-order chi connectivity index (χ1) is 25.7. The lowest BCUT2D eigenvalue weighted by Crippen LogP contribution is -2.59. The topological polar surface area (TPSA) is 232 Å². The molecule has 0 spiro atoms. The van der Waals surface area contributed by atoms with Crippen LogP contribution < -0.4 is 10.6 Å². The highest BCUT2D eigenvalue weighted by atomic mass is 16.7. The van der Waals surface area contributed by atoms with Crippen LogP contribution in [0.4, 0.5) is 0 Å². The van der Waals surface area contributed by atoms with E-state index >= 15 is 0 Å². The van der Waals surface area contributed by atoms with E-state index in [0.29, 0.717) is 6.42 Å². The predicted molar refractivity (Wildman–Crippen MR) is 194 cm³/mol. The van der Waals surface area contributed by atoms with Crippen LogP contribution in [0.2, 0.25) is 0 Å². The van der Waals surface area contributed by atoms with Crippen LogP contribution in [-0.4, -0.2) is 152 Å². The Labute approximate surface area is 316 Å². The molecule has 16 heteroatoms. The van der Waals surface area contributed by atoms with E-state index in [0.717, 1.165) is 11.6 Å². The van der Waals surface area contributed by atoms with Crippen LogP contribution >= 0.6 is 0 Å². The molecule has 0 saturated carbocycles. The van der Waals surface area contributed by atoms with E-state index in [1.54, 1.807) is 39.4 Å². The van der Waals surface area contributed by atoms with E-state index in [1.807, 2.05) is 26.8 Å². The van der Waals surface area contributed by atoms with Crippen LogP contribution in [0.1, 0.15) is 40.5 Å². The number of ketones is 2. The number of carbonyl (C=O) groups is 3. The van der Waals surface area contributed by atoms with Crippen LogP contribution in [0.5, 0.6) is 0 Å². The van der Waals surface area contributed by atoms with E-state index in [9.17, 15) is 39.9 Å². The predicted octanol–water partition coefficient (Wildman–Crippen LogP) is -0.264. The number of hydrogen-bond donors (Lipinski definition) is 7. The van der Waals surface area contributed by atoms with Gasteiger partial charge in [-0.05, 0) is 38.2 Å². The summed E-state index contributed by atoms with van der Waals surface area (Å²) < 4.78 is 33.5. The summed E-state index contributed by atoms with van der Waals surface area (Å²) in [5, 5.41) is 56.3. The summed E-state index contributed by atoms with van der Waals surface area (Å²) in [7, 11) is 4.61. The number of methoxy groups -OCH3 is 3. The van der Waals surface area contributed by atoms with E-state index in [2.05, 4.69) is 10.6 Å². The number of Topliss-reactive ketones (excluding diaryl/α,β-unsaturated/α-hetero) is 1. The molecule has 0 radical (unpaired) electrons. The van der Waals surface area contributed by atoms with Crippen molar-refractivity contribution < 1.29 is 68.3 Å². The van der Waals surface area contributed by atoms with Crippen molar-refractivity contribution in [2.75, 3.05) is 54.3 Å². The SMILES string of the molecule is CO[C@H]1/C=C/C=C(/C)C(=O)NC2=CC(=O)C(NCCOCCO[C@@H]3O[C@H](CO)[C@H](O)[C@H](O)[C@H]3O)=C(C[C@@H](C)C[C@H](OC)[C@H](O)[C@@H](C)/C=C(/C)[C@H]1OC)C2=O. The van der Waals surface area contributed by atoms with E-state index in [1.165, 1.54) is 7.11 Å². The quantitative estimate of drug-likeness (QED) is 0.0771. The Morgan fingerprint density at radius 2 is 1.65 bits per heavy atom. The molecule has 11 atom stereocenters. The van der Waals surface area contributed by atoms with Gasteiger partial charge in [0.25, 0.3) is 5.91 Å². The first-order valence-corrected chi connectivity index (χ1v) is 18.1. The van der Waals surface area contributed by atoms with Crippen molar-refractivity contribution in [3.63, 3.8) is 0 Å². The van der Waals surface area contributed by atoms with Crippen molar-refractivity contribution in [1.82, 2.24) is 10.6 Å². The lowest BCUT2D eigenvalue weighted by atomic mass is 9.85. The second kappa shape index (κ2) is 21.8. The molecule has 0 aromatic rings. The minimum absolute atomic E-state index is 0.0246. The van der Waals surface area contributed by atoms with Gasteiger partial charge in [-0.15, -0.1) is 0 Å². The minimum atomic E-state index is -1.57. The summed E-state index contributed by atoms with van der Waals surface area (Å²) in [5.74, 6) is -2.22. The van der Waals surface area contributed by atoms with Crippen molar-refractivity contribution in [2.45, 2.75) is 95.7 Å². The molecule has 16 nitrogen and oxygen atoms in total. The second-order valence-electron chi connectivity index (χ2n) is 13.8. The molecular formula is C38H58N2O14. The first kappa shape index (κ1) is 45.3. The smallest absolute Gasteiger partial charge is 0.251 e. The largest absolute Gasteiger partial charge is 0.394 e. The maximum Gasteiger partial charge on any atom is 0.251 e. The second-order valence-corrected chi connectivity index (χ2v) is 13.8. The number of fused-ring (bicyclic) bond motifs is 2. The Hall–Kier alpha value is -3.13. The molecule has 1 amide bonds. The Balaban J connectivity index is 1.78. The molecule has 54 heavy (non-hydrogen) atoms. The summed E-state index contributed by atoms with van der Waals surface area (Å²) >= 11 is 0. The minimum Gasteiger partial charge on any atom is -0.394 e. The van der Waals surface area contributed by atoms with Crippen molar-refractivity contribution in [2.24, 2.45) is 11.8 Å². The highest BCUT2D eigenvalue weighted by Gasteiger charge is 2.44. The molecule has 0 unspecified atom stereocenters. The van der Waals surface area contributed by atoms with Gasteiger partial charge in [0, 0.05) is 51.0 Å². The lowest BCUT2D eigenvalue weighted by Gasteiger charge is -2.39. The molecule has 1 fully saturated rings. The number of nitrogens with one attached hydrogen (secondary N) is 2. The van der Waals surface area contributed by atoms with Gasteiger partial charge in [0.05, 0.1) is 50.0 Å². The maximum atomic E-state index is 13.9. The zero-order chi connectivity index (χ0) is 40.1. The zero-order valence-electron chi connectivity index (χ0n) is 32.1. The average molecular weight is 767 g/mol. The molecule has 2 aliphatic heterocycles. The molecule has 2 heterocycles. The number of allylic oxidation sites excluding steroid dienone is 4. The normalized spacial score (nSPS) is 36.1. The Kier molecular flexibility index (Phi) is 18.3. The van der Waals surface area contributed by atoms with Crippen LogP contribution in [0.3, 0.4) is 0 Å². The van der Waals surface area contributed by atoms with Crippen LogP contribution in [0.25, 0.3) is 0 Å². The summed E-state index contributed by atoms with van der Waals surface area (Å²) in [6.45, 7) is 6.78. The lowest BCUT2D eigenvalue weighted by molar-refractivity contribution is -0.302. The number of rotatable bonds is 12. The highest BCUT2D eigenvalue weighted by Crippen LogP contribution is 2.29. The summed E-state index contributed by atoms with van der Waals surface area (Å²) in [4.78, 5) is 40.5. The Morgan fingerprint density at radius 1 is 0.926 bits per heavy atom. The molecule has 1 aliphatic carbocycles. The van der Waals surface area contributed by atoms with Gasteiger partial charge in [-0.3, -0.25) is 14.4 Å². The number of hydrogen-bond acceptors (Lipinski definition) is 15. The van der Waals surface area contributed by atoms with Gasteiger partial charge in [-0.25, -0.2) is 0 Å². The third kappa shape index (κ3) is 11.9. The molecule has 0 aromatic carbocycles. The number of carbonyl (C=O) groups excluding carboxylic acids is 3. The van der Waals surface area contributed by atoms with Gasteiger partial charge in [0.2, 0.25) is 11.6 Å². The fraction of sp³-hybridized carbons (Fsp3) is 0.658. The molecule has 1 saturated heterocycles. The molecule has 3 aliphatic rings. The van der Waals surface area contributed by atoms with Gasteiger partial charge >= 0.3 is 0 Å². The molecule has 2 bridgehead atoms. The van der Waals surface area contributed by atoms with Gasteiger partial charge in [0.1, 0.15) is 36.6 Å². The molecule has 304 valence electrons. The van der Waals surface area contributed by atoms with E-state index in [4.69, 9.17) is 28.4 Å². The van der Waals surface area contributed by atoms with Crippen LogP contribution in [0.15, 0.2) is 58.5 Å². The molecular weight excluding hydrogens is 708 g/mol. The summed E-state index contributed by atoms with van der Waals surface area (Å²) in [6, 6.07) is 0. The van der Waals surface area contributed by atoms with Crippen molar-refractivity contribution in [3.05, 3.63) is 58.5 Å². The van der Waals surface area contributed by atoms with E-state index < -0.39 is 79.2 Å².